The van der Waals surface area contributed by atoms with Gasteiger partial charge < -0.3 is 19.2 Å². The maximum Gasteiger partial charge on any atom is 0.221 e. The zero-order valence-corrected chi connectivity index (χ0v) is 22.8. The Kier molecular flexibility index (Phi) is 9.59. The molecular weight excluding hydrogens is 504 g/mol. The van der Waals surface area contributed by atoms with Crippen LogP contribution >= 0.6 is 11.3 Å². The maximum atomic E-state index is 13.2. The number of nitrogens with one attached hydrogen (secondary N) is 3. The molecule has 1 heterocycles. The van der Waals surface area contributed by atoms with Crippen molar-refractivity contribution in [1.29, 1.82) is 0 Å². The number of hydrogen-bond acceptors (Lipinski definition) is 8. The topological polar surface area (TPSA) is 121 Å². The fourth-order valence-electron chi connectivity index (χ4n) is 3.05. The molecule has 0 saturated carbocycles. The van der Waals surface area contributed by atoms with E-state index in [1.807, 2.05) is 51.1 Å². The molecule has 2 aromatic carbocycles. The lowest BCUT2D eigenvalue weighted by Gasteiger charge is -2.23. The van der Waals surface area contributed by atoms with E-state index >= 15 is 0 Å². The van der Waals surface area contributed by atoms with Gasteiger partial charge in [-0.3, -0.25) is 4.79 Å². The molecule has 1 aromatic heterocycles. The van der Waals surface area contributed by atoms with E-state index in [1.165, 1.54) is 18.3 Å². The van der Waals surface area contributed by atoms with Gasteiger partial charge in [0.1, 0.15) is 5.01 Å². The third-order valence-corrected chi connectivity index (χ3v) is 8.12. The second kappa shape index (κ2) is 12.2. The normalized spacial score (nSPS) is 13.3. The van der Waals surface area contributed by atoms with Gasteiger partial charge >= 0.3 is 0 Å². The predicted molar refractivity (Wildman–Crippen MR) is 145 cm³/mol. The molecule has 0 aliphatic carbocycles. The third-order valence-electron chi connectivity index (χ3n) is 4.51. The summed E-state index contributed by atoms with van der Waals surface area (Å²) in [7, 11) is 1.58. The van der Waals surface area contributed by atoms with Crippen LogP contribution < -0.4 is 14.8 Å². The summed E-state index contributed by atoms with van der Waals surface area (Å²) in [6.07, 6.45) is 1.76. The lowest BCUT2D eigenvalue weighted by molar-refractivity contribution is -0.114. The summed E-state index contributed by atoms with van der Waals surface area (Å²) in [6, 6.07) is 12.9. The molecule has 2 atom stereocenters. The minimum atomic E-state index is -1.51. The number of methoxy groups -OCH3 is 1. The maximum absolute atomic E-state index is 13.2. The Morgan fingerprint density at radius 1 is 1.11 bits per heavy atom. The Morgan fingerprint density at radius 2 is 1.80 bits per heavy atom. The molecule has 0 spiro atoms. The average molecular weight is 535 g/mol. The van der Waals surface area contributed by atoms with Crippen LogP contribution in [0.1, 0.15) is 27.7 Å². The van der Waals surface area contributed by atoms with Crippen LogP contribution in [0.3, 0.4) is 0 Å². The van der Waals surface area contributed by atoms with Crippen LogP contribution in [0.2, 0.25) is 0 Å². The van der Waals surface area contributed by atoms with Gasteiger partial charge in [-0.25, -0.2) is 9.71 Å². The molecule has 2 unspecified atom stereocenters. The third kappa shape index (κ3) is 8.21. The van der Waals surface area contributed by atoms with Crippen LogP contribution in [0.15, 0.2) is 53.6 Å². The zero-order valence-electron chi connectivity index (χ0n) is 20.3. The van der Waals surface area contributed by atoms with E-state index in [-0.39, 0.29) is 11.4 Å². The Bertz CT molecular complexity index is 1130. The second-order valence-corrected chi connectivity index (χ2v) is 12.3. The van der Waals surface area contributed by atoms with Gasteiger partial charge in [0.15, 0.2) is 10.6 Å². The highest BCUT2D eigenvalue weighted by atomic mass is 32.2. The summed E-state index contributed by atoms with van der Waals surface area (Å²) < 4.78 is 36.2. The van der Waals surface area contributed by atoms with Crippen molar-refractivity contribution in [2.24, 2.45) is 0 Å². The molecule has 35 heavy (non-hydrogen) atoms. The first-order valence-electron chi connectivity index (χ1n) is 10.9. The van der Waals surface area contributed by atoms with Gasteiger partial charge in [0.05, 0.1) is 51.0 Å². The van der Waals surface area contributed by atoms with Crippen molar-refractivity contribution < 1.29 is 18.6 Å². The molecule has 0 fully saturated rings. The molecule has 3 N–H and O–H groups in total. The van der Waals surface area contributed by atoms with Crippen LogP contribution in [0.4, 0.5) is 11.4 Å². The van der Waals surface area contributed by atoms with E-state index in [0.29, 0.717) is 22.9 Å². The molecule has 188 valence electrons. The summed E-state index contributed by atoms with van der Waals surface area (Å²) in [5.41, 5.74) is 2.66. The number of ether oxygens (including phenoxy) is 1. The van der Waals surface area contributed by atoms with Gasteiger partial charge in [-0.2, -0.15) is 0 Å². The van der Waals surface area contributed by atoms with Gasteiger partial charge in [-0.15, -0.1) is 16.1 Å². The van der Waals surface area contributed by atoms with Crippen LogP contribution in [-0.4, -0.2) is 45.0 Å². The van der Waals surface area contributed by atoms with Crippen LogP contribution in [0.25, 0.3) is 21.0 Å². The molecular formula is C24H30N4O4S3. The standard InChI is InChI=1S/C24H30N4O4S3/c1-16(29)26-19-10-11-20(22(14-19)35(31)28-24(2,3)4)21-15-25-23(33-21)17-6-8-18(9-7-17)27-34(30)13-12-32-5/h6-11,14-15,27-28H,12-13H2,1-5H3,(H,26,29). The number of carbonyl (C=O) groups is 1. The number of carbonyl (C=O) groups excluding carboxylic acids is 1. The molecule has 0 aliphatic rings. The van der Waals surface area contributed by atoms with Crippen LogP contribution in [-0.2, 0) is 32.3 Å². The number of rotatable bonds is 10. The monoisotopic (exact) mass is 534 g/mol. The summed E-state index contributed by atoms with van der Waals surface area (Å²) in [6.45, 7) is 7.69. The first-order valence-corrected chi connectivity index (χ1v) is 14.2. The Hall–Kier alpha value is -2.12. The van der Waals surface area contributed by atoms with Crippen molar-refractivity contribution in [2.45, 2.75) is 38.1 Å². The predicted octanol–water partition coefficient (Wildman–Crippen LogP) is 4.57. The molecule has 0 aliphatic heterocycles. The van der Waals surface area contributed by atoms with E-state index in [1.54, 1.807) is 25.4 Å². The van der Waals surface area contributed by atoms with Gasteiger partial charge in [0, 0.05) is 37.5 Å². The first-order chi connectivity index (χ1) is 16.6. The smallest absolute Gasteiger partial charge is 0.221 e. The SMILES string of the molecule is COCC[S+]([O-])Nc1ccc(-c2ncc(-c3ccc(NC(C)=O)cc3[S+]([O-])NC(C)(C)C)s2)cc1. The molecule has 3 aromatic rings. The van der Waals surface area contributed by atoms with Gasteiger partial charge in [0.25, 0.3) is 0 Å². The highest BCUT2D eigenvalue weighted by molar-refractivity contribution is 7.92. The molecule has 0 radical (unpaired) electrons. The van der Waals surface area contributed by atoms with Crippen molar-refractivity contribution in [2.75, 3.05) is 29.5 Å². The number of aromatic nitrogens is 1. The molecule has 3 rings (SSSR count). The number of amides is 1. The minimum Gasteiger partial charge on any atom is -0.593 e. The van der Waals surface area contributed by atoms with Crippen molar-refractivity contribution in [3.05, 3.63) is 48.7 Å². The highest BCUT2D eigenvalue weighted by Crippen LogP contribution is 2.37. The van der Waals surface area contributed by atoms with Crippen molar-refractivity contribution in [3.63, 3.8) is 0 Å². The second-order valence-electron chi connectivity index (χ2n) is 8.76. The Balaban J connectivity index is 1.85. The molecule has 1 amide bonds. The van der Waals surface area contributed by atoms with Crippen molar-refractivity contribution in [1.82, 2.24) is 9.71 Å². The van der Waals surface area contributed by atoms with Gasteiger partial charge in [-0.1, -0.05) is 0 Å². The minimum absolute atomic E-state index is 0.196. The molecule has 8 nitrogen and oxygen atoms in total. The van der Waals surface area contributed by atoms with Crippen molar-refractivity contribution in [3.8, 4) is 21.0 Å². The average Bonchev–Trinajstić information content (AvgIpc) is 3.26. The number of nitrogens with zero attached hydrogens (tertiary/aromatic N) is 1. The van der Waals surface area contributed by atoms with Crippen LogP contribution in [0, 0.1) is 0 Å². The van der Waals surface area contributed by atoms with Crippen molar-refractivity contribution >= 4 is 51.3 Å². The first kappa shape index (κ1) is 27.5. The summed E-state index contributed by atoms with van der Waals surface area (Å²) in [4.78, 5) is 17.5. The summed E-state index contributed by atoms with van der Waals surface area (Å²) >= 11 is -1.24. The number of anilines is 2. The van der Waals surface area contributed by atoms with E-state index in [2.05, 4.69) is 19.7 Å². The largest absolute Gasteiger partial charge is 0.593 e. The molecule has 11 heteroatoms. The Morgan fingerprint density at radius 3 is 2.43 bits per heavy atom. The lowest BCUT2D eigenvalue weighted by atomic mass is 10.1. The molecule has 0 saturated heterocycles. The highest BCUT2D eigenvalue weighted by Gasteiger charge is 2.25. The zero-order chi connectivity index (χ0) is 25.6. The fourth-order valence-corrected chi connectivity index (χ4v) is 6.17. The number of benzene rings is 2. The number of hydrogen-bond donors (Lipinski definition) is 3. The summed E-state index contributed by atoms with van der Waals surface area (Å²) in [5.74, 6) is 0.210. The van der Waals surface area contributed by atoms with Gasteiger partial charge in [-0.05, 0) is 57.2 Å². The lowest BCUT2D eigenvalue weighted by Crippen LogP contribution is -2.40. The van der Waals surface area contributed by atoms with E-state index in [0.717, 1.165) is 26.7 Å². The van der Waals surface area contributed by atoms with E-state index < -0.39 is 22.7 Å². The Labute approximate surface area is 216 Å². The van der Waals surface area contributed by atoms with E-state index in [9.17, 15) is 13.9 Å². The fraction of sp³-hybridized carbons (Fsp3) is 0.333. The number of thiazole rings is 1. The quantitative estimate of drug-likeness (QED) is 0.326. The van der Waals surface area contributed by atoms with Crippen LogP contribution in [0.5, 0.6) is 0 Å². The van der Waals surface area contributed by atoms with Gasteiger partial charge in [0.2, 0.25) is 5.91 Å². The summed E-state index contributed by atoms with van der Waals surface area (Å²) in [5, 5.41) is 3.56. The van der Waals surface area contributed by atoms with E-state index in [4.69, 9.17) is 4.74 Å². The molecule has 0 bridgehead atoms.